The maximum Gasteiger partial charge on any atom is 0.338 e. The number of ether oxygens (including phenoxy) is 5. The quantitative estimate of drug-likeness (QED) is 0.213. The first-order chi connectivity index (χ1) is 20.1. The number of halogens is 1. The highest BCUT2D eigenvalue weighted by Crippen LogP contribution is 2.37. The Balaban J connectivity index is 1.92. The van der Waals surface area contributed by atoms with Gasteiger partial charge in [-0.2, -0.15) is 0 Å². The third-order valence-electron chi connectivity index (χ3n) is 6.31. The van der Waals surface area contributed by atoms with Gasteiger partial charge in [-0.1, -0.05) is 46.0 Å². The van der Waals surface area contributed by atoms with E-state index < -0.39 is 12.0 Å². The number of rotatable bonds is 11. The van der Waals surface area contributed by atoms with Crippen LogP contribution in [0, 0.1) is 0 Å². The standard InChI is InChI=1S/C31H33BrN2O7S/c1-8-12-40-25-16-21(32)20(14-24(25)38-7)15-26-29(35)34-28(19-10-11-22(41-17(3)4)23(13-19)37-6)27(30(36)39-9-2)18(5)33-31(34)42-26/h8,10-11,13-17,28H,1,9,12H2,2-7H3/b26-15-/t28-/m0/s1. The fraction of sp³-hybridized carbons (Fsp3) is 0.323. The number of allylic oxidation sites excluding steroid dienone is 1. The molecule has 1 aliphatic rings. The van der Waals surface area contributed by atoms with Gasteiger partial charge >= 0.3 is 5.97 Å². The van der Waals surface area contributed by atoms with Crippen LogP contribution in [0.3, 0.4) is 0 Å². The molecule has 42 heavy (non-hydrogen) atoms. The second kappa shape index (κ2) is 13.4. The first-order valence-electron chi connectivity index (χ1n) is 13.3. The van der Waals surface area contributed by atoms with Crippen molar-refractivity contribution in [1.29, 1.82) is 0 Å². The van der Waals surface area contributed by atoms with Crippen LogP contribution < -0.4 is 33.8 Å². The molecule has 0 saturated heterocycles. The van der Waals surface area contributed by atoms with E-state index >= 15 is 0 Å². The number of esters is 1. The number of carbonyl (C=O) groups is 1. The lowest BCUT2D eigenvalue weighted by molar-refractivity contribution is -0.139. The number of fused-ring (bicyclic) bond motifs is 1. The van der Waals surface area contributed by atoms with Crippen LogP contribution in [-0.4, -0.2) is 44.1 Å². The van der Waals surface area contributed by atoms with Crippen molar-refractivity contribution in [3.05, 3.63) is 89.5 Å². The van der Waals surface area contributed by atoms with Crippen LogP contribution in [0.4, 0.5) is 0 Å². The first-order valence-corrected chi connectivity index (χ1v) is 14.9. The summed E-state index contributed by atoms with van der Waals surface area (Å²) in [7, 11) is 3.10. The van der Waals surface area contributed by atoms with E-state index in [4.69, 9.17) is 23.7 Å². The molecule has 1 atom stereocenters. The van der Waals surface area contributed by atoms with Crippen LogP contribution in [0.25, 0.3) is 6.08 Å². The van der Waals surface area contributed by atoms with Gasteiger partial charge in [0.25, 0.3) is 5.56 Å². The molecule has 0 N–H and O–H groups in total. The highest BCUT2D eigenvalue weighted by Gasteiger charge is 2.34. The zero-order valence-electron chi connectivity index (χ0n) is 24.4. The van der Waals surface area contributed by atoms with Crippen LogP contribution in [0.5, 0.6) is 23.0 Å². The Morgan fingerprint density at radius 2 is 1.86 bits per heavy atom. The maximum absolute atomic E-state index is 14.0. The molecule has 0 bridgehead atoms. The average Bonchev–Trinajstić information content (AvgIpc) is 3.26. The Hall–Kier alpha value is -3.83. The Bertz CT molecular complexity index is 1720. The van der Waals surface area contributed by atoms with Crippen LogP contribution in [0.15, 0.2) is 68.5 Å². The molecule has 0 amide bonds. The molecule has 222 valence electrons. The van der Waals surface area contributed by atoms with Gasteiger partial charge in [-0.15, -0.1) is 0 Å². The van der Waals surface area contributed by atoms with E-state index in [-0.39, 0.29) is 23.8 Å². The molecule has 4 rings (SSSR count). The van der Waals surface area contributed by atoms with Gasteiger partial charge in [0.2, 0.25) is 0 Å². The fourth-order valence-corrected chi connectivity index (χ4v) is 6.01. The monoisotopic (exact) mass is 656 g/mol. The predicted octanol–water partition coefficient (Wildman–Crippen LogP) is 4.93. The topological polar surface area (TPSA) is 97.6 Å². The predicted molar refractivity (Wildman–Crippen MR) is 166 cm³/mol. The minimum Gasteiger partial charge on any atom is -0.493 e. The van der Waals surface area contributed by atoms with Gasteiger partial charge in [0.1, 0.15) is 6.61 Å². The third kappa shape index (κ3) is 6.32. The summed E-state index contributed by atoms with van der Waals surface area (Å²) in [4.78, 5) is 32.4. The van der Waals surface area contributed by atoms with Crippen molar-refractivity contribution in [3.63, 3.8) is 0 Å². The molecule has 0 aliphatic carbocycles. The number of hydrogen-bond acceptors (Lipinski definition) is 9. The molecule has 11 heteroatoms. The van der Waals surface area contributed by atoms with E-state index in [9.17, 15) is 9.59 Å². The van der Waals surface area contributed by atoms with Crippen LogP contribution in [0.2, 0.25) is 0 Å². The number of hydrogen-bond donors (Lipinski definition) is 0. The number of carbonyl (C=O) groups excluding carboxylic acids is 1. The Kier molecular flexibility index (Phi) is 9.95. The molecule has 0 spiro atoms. The van der Waals surface area contributed by atoms with Crippen molar-refractivity contribution >= 4 is 39.3 Å². The van der Waals surface area contributed by atoms with Gasteiger partial charge in [0.05, 0.1) is 48.8 Å². The average molecular weight is 658 g/mol. The summed E-state index contributed by atoms with van der Waals surface area (Å²) in [6, 6.07) is 8.15. The summed E-state index contributed by atoms with van der Waals surface area (Å²) in [6.07, 6.45) is 3.33. The van der Waals surface area contributed by atoms with Crippen LogP contribution in [-0.2, 0) is 9.53 Å². The summed E-state index contributed by atoms with van der Waals surface area (Å²) < 4.78 is 30.8. The molecule has 0 fully saturated rings. The molecular weight excluding hydrogens is 624 g/mol. The van der Waals surface area contributed by atoms with E-state index in [1.54, 1.807) is 64.5 Å². The van der Waals surface area contributed by atoms with Gasteiger partial charge in [-0.3, -0.25) is 9.36 Å². The van der Waals surface area contributed by atoms with Crippen LogP contribution in [0.1, 0.15) is 44.9 Å². The van der Waals surface area contributed by atoms with Gasteiger partial charge in [-0.05, 0) is 69.2 Å². The molecule has 2 aromatic carbocycles. The molecule has 1 aromatic heterocycles. The second-order valence-corrected chi connectivity index (χ2v) is 11.4. The lowest BCUT2D eigenvalue weighted by Gasteiger charge is -2.25. The zero-order chi connectivity index (χ0) is 30.6. The summed E-state index contributed by atoms with van der Waals surface area (Å²) in [5.74, 6) is 1.55. The van der Waals surface area contributed by atoms with Crippen molar-refractivity contribution in [1.82, 2.24) is 4.57 Å². The highest BCUT2D eigenvalue weighted by atomic mass is 79.9. The normalized spacial score (nSPS) is 14.8. The van der Waals surface area contributed by atoms with Gasteiger partial charge in [0.15, 0.2) is 27.8 Å². The van der Waals surface area contributed by atoms with Gasteiger partial charge in [0, 0.05) is 4.47 Å². The third-order valence-corrected chi connectivity index (χ3v) is 7.98. The highest BCUT2D eigenvalue weighted by molar-refractivity contribution is 9.10. The number of methoxy groups -OCH3 is 2. The van der Waals surface area contributed by atoms with E-state index in [0.29, 0.717) is 60.2 Å². The number of nitrogens with zero attached hydrogens (tertiary/aromatic N) is 2. The first kappa shape index (κ1) is 31.1. The van der Waals surface area contributed by atoms with Crippen molar-refractivity contribution in [2.24, 2.45) is 4.99 Å². The van der Waals surface area contributed by atoms with Crippen molar-refractivity contribution in [3.8, 4) is 23.0 Å². The molecule has 9 nitrogen and oxygen atoms in total. The molecule has 1 aliphatic heterocycles. The molecular formula is C31H33BrN2O7S. The van der Waals surface area contributed by atoms with E-state index in [1.165, 1.54) is 15.9 Å². The summed E-state index contributed by atoms with van der Waals surface area (Å²) in [5, 5.41) is 0. The molecule has 3 aromatic rings. The van der Waals surface area contributed by atoms with Crippen molar-refractivity contribution in [2.75, 3.05) is 27.4 Å². The van der Waals surface area contributed by atoms with Gasteiger partial charge < -0.3 is 23.7 Å². The Labute approximate surface area is 256 Å². The smallest absolute Gasteiger partial charge is 0.338 e. The molecule has 0 unspecified atom stereocenters. The minimum absolute atomic E-state index is 0.0692. The fourth-order valence-electron chi connectivity index (χ4n) is 4.54. The molecule has 2 heterocycles. The zero-order valence-corrected chi connectivity index (χ0v) is 26.8. The number of benzene rings is 2. The van der Waals surface area contributed by atoms with Crippen LogP contribution >= 0.6 is 27.3 Å². The summed E-state index contributed by atoms with van der Waals surface area (Å²) in [5.41, 5.74) is 1.80. The largest absolute Gasteiger partial charge is 0.493 e. The second-order valence-electron chi connectivity index (χ2n) is 9.50. The van der Waals surface area contributed by atoms with Gasteiger partial charge in [-0.25, -0.2) is 9.79 Å². The summed E-state index contributed by atoms with van der Waals surface area (Å²) in [6.45, 7) is 11.5. The summed E-state index contributed by atoms with van der Waals surface area (Å²) >= 11 is 4.81. The minimum atomic E-state index is -0.794. The lowest BCUT2D eigenvalue weighted by Crippen LogP contribution is -2.40. The van der Waals surface area contributed by atoms with E-state index in [1.807, 2.05) is 19.9 Å². The van der Waals surface area contributed by atoms with E-state index in [0.717, 1.165) is 0 Å². The molecule has 0 saturated carbocycles. The van der Waals surface area contributed by atoms with Crippen molar-refractivity contribution < 1.29 is 28.5 Å². The van der Waals surface area contributed by atoms with E-state index in [2.05, 4.69) is 27.5 Å². The SMILES string of the molecule is C=CCOc1cc(Br)c(/C=c2\sc3n(c2=O)[C@@H](c2ccc(OC(C)C)c(OC)c2)C(C(=O)OCC)=C(C)N=3)cc1OC. The lowest BCUT2D eigenvalue weighted by atomic mass is 9.95. The Morgan fingerprint density at radius 3 is 2.50 bits per heavy atom. The van der Waals surface area contributed by atoms with Crippen molar-refractivity contribution in [2.45, 2.75) is 39.8 Å². The molecule has 0 radical (unpaired) electrons. The number of thiazole rings is 1. The maximum atomic E-state index is 14.0. The Morgan fingerprint density at radius 1 is 1.14 bits per heavy atom. The number of aromatic nitrogens is 1.